The van der Waals surface area contributed by atoms with Gasteiger partial charge in [-0.05, 0) is 18.4 Å². The second kappa shape index (κ2) is 7.57. The summed E-state index contributed by atoms with van der Waals surface area (Å²) in [7, 11) is -3.91. The normalized spacial score (nSPS) is 14.1. The van der Waals surface area contributed by atoms with Crippen molar-refractivity contribution >= 4 is 15.7 Å². The van der Waals surface area contributed by atoms with E-state index in [1.807, 2.05) is 44.2 Å². The van der Waals surface area contributed by atoms with Gasteiger partial charge in [0.25, 0.3) is 5.16 Å². The van der Waals surface area contributed by atoms with Crippen LogP contribution >= 0.6 is 0 Å². The van der Waals surface area contributed by atoms with Crippen LogP contribution in [0.5, 0.6) is 0 Å². The molecule has 1 heterocycles. The molecular formula is C16H22N4O3S. The Labute approximate surface area is 141 Å². The number of aryl methyl sites for hydroxylation is 1. The third kappa shape index (κ3) is 4.00. The zero-order chi connectivity index (χ0) is 17.7. The second-order valence-corrected chi connectivity index (χ2v) is 7.82. The highest BCUT2D eigenvalue weighted by molar-refractivity contribution is 7.92. The molecule has 24 heavy (non-hydrogen) atoms. The van der Waals surface area contributed by atoms with Crippen molar-refractivity contribution in [3.05, 3.63) is 41.7 Å². The molecule has 0 aliphatic heterocycles. The Morgan fingerprint density at radius 3 is 2.50 bits per heavy atom. The van der Waals surface area contributed by atoms with E-state index >= 15 is 0 Å². The average molecular weight is 350 g/mol. The fraction of sp³-hybridized carbons (Fsp3) is 0.438. The van der Waals surface area contributed by atoms with Crippen LogP contribution in [-0.4, -0.2) is 41.3 Å². The van der Waals surface area contributed by atoms with Crippen molar-refractivity contribution in [2.24, 2.45) is 0 Å². The van der Waals surface area contributed by atoms with E-state index < -0.39 is 21.0 Å². The Balaban J connectivity index is 2.01. The van der Waals surface area contributed by atoms with Gasteiger partial charge in [0.2, 0.25) is 15.7 Å². The van der Waals surface area contributed by atoms with Crippen molar-refractivity contribution in [3.8, 4) is 0 Å². The minimum atomic E-state index is -3.91. The SMILES string of the molecule is CCc1nc(S(=O)(=O)C(C)C(=O)NCC(C)c2ccccc2)n[nH]1. The van der Waals surface area contributed by atoms with Gasteiger partial charge in [-0.25, -0.2) is 13.4 Å². The maximum absolute atomic E-state index is 12.4. The monoisotopic (exact) mass is 350 g/mol. The van der Waals surface area contributed by atoms with E-state index in [0.717, 1.165) is 5.56 Å². The highest BCUT2D eigenvalue weighted by atomic mass is 32.2. The first-order chi connectivity index (χ1) is 11.4. The molecule has 1 aromatic carbocycles. The van der Waals surface area contributed by atoms with Gasteiger partial charge in [-0.1, -0.05) is 44.2 Å². The quantitative estimate of drug-likeness (QED) is 0.786. The van der Waals surface area contributed by atoms with Crippen LogP contribution in [0.3, 0.4) is 0 Å². The lowest BCUT2D eigenvalue weighted by Crippen LogP contribution is -2.39. The number of hydrogen-bond donors (Lipinski definition) is 2. The van der Waals surface area contributed by atoms with E-state index in [-0.39, 0.29) is 11.1 Å². The predicted octanol–water partition coefficient (Wildman–Crippen LogP) is 1.45. The Kier molecular flexibility index (Phi) is 5.71. The first-order valence-corrected chi connectivity index (χ1v) is 9.38. The summed E-state index contributed by atoms with van der Waals surface area (Å²) < 4.78 is 24.8. The van der Waals surface area contributed by atoms with Crippen molar-refractivity contribution in [3.63, 3.8) is 0 Å². The number of H-pyrrole nitrogens is 1. The fourth-order valence-electron chi connectivity index (χ4n) is 2.16. The van der Waals surface area contributed by atoms with Crippen LogP contribution in [-0.2, 0) is 21.1 Å². The molecule has 1 amide bonds. The van der Waals surface area contributed by atoms with E-state index in [1.165, 1.54) is 6.92 Å². The van der Waals surface area contributed by atoms with Crippen LogP contribution in [0, 0.1) is 0 Å². The van der Waals surface area contributed by atoms with Crippen molar-refractivity contribution in [2.45, 2.75) is 43.5 Å². The molecule has 2 aromatic rings. The number of carbonyl (C=O) groups is 1. The third-order valence-corrected chi connectivity index (χ3v) is 5.72. The Hall–Kier alpha value is -2.22. The minimum Gasteiger partial charge on any atom is -0.354 e. The largest absolute Gasteiger partial charge is 0.354 e. The Morgan fingerprint density at radius 1 is 1.25 bits per heavy atom. The zero-order valence-corrected chi connectivity index (χ0v) is 14.8. The molecule has 2 rings (SSSR count). The molecule has 2 atom stereocenters. The molecule has 130 valence electrons. The van der Waals surface area contributed by atoms with Crippen LogP contribution in [0.2, 0.25) is 0 Å². The van der Waals surface area contributed by atoms with Gasteiger partial charge in [0, 0.05) is 13.0 Å². The molecule has 0 spiro atoms. The van der Waals surface area contributed by atoms with E-state index in [0.29, 0.717) is 18.8 Å². The highest BCUT2D eigenvalue weighted by Crippen LogP contribution is 2.15. The third-order valence-electron chi connectivity index (χ3n) is 3.89. The number of sulfone groups is 1. The van der Waals surface area contributed by atoms with Gasteiger partial charge >= 0.3 is 0 Å². The van der Waals surface area contributed by atoms with Gasteiger partial charge in [0.15, 0.2) is 0 Å². The maximum Gasteiger partial charge on any atom is 0.267 e. The van der Waals surface area contributed by atoms with Gasteiger partial charge in [-0.15, -0.1) is 5.10 Å². The van der Waals surface area contributed by atoms with Crippen molar-refractivity contribution in [1.29, 1.82) is 0 Å². The molecule has 2 unspecified atom stereocenters. The van der Waals surface area contributed by atoms with Crippen LogP contribution in [0.15, 0.2) is 35.5 Å². The van der Waals surface area contributed by atoms with E-state index in [4.69, 9.17) is 0 Å². The van der Waals surface area contributed by atoms with Crippen molar-refractivity contribution in [1.82, 2.24) is 20.5 Å². The van der Waals surface area contributed by atoms with Gasteiger partial charge in [0.05, 0.1) is 0 Å². The van der Waals surface area contributed by atoms with Crippen molar-refractivity contribution < 1.29 is 13.2 Å². The summed E-state index contributed by atoms with van der Waals surface area (Å²) in [5, 5.41) is 7.37. The van der Waals surface area contributed by atoms with Crippen LogP contribution in [0.4, 0.5) is 0 Å². The summed E-state index contributed by atoms with van der Waals surface area (Å²) in [5.74, 6) is -0.000214. The molecule has 0 aliphatic rings. The van der Waals surface area contributed by atoms with Crippen LogP contribution in [0.25, 0.3) is 0 Å². The summed E-state index contributed by atoms with van der Waals surface area (Å²) in [6.45, 7) is 5.51. The second-order valence-electron chi connectivity index (χ2n) is 5.66. The first-order valence-electron chi connectivity index (χ1n) is 7.84. The number of aromatic nitrogens is 3. The minimum absolute atomic E-state index is 0.0836. The lowest BCUT2D eigenvalue weighted by Gasteiger charge is -2.15. The lowest BCUT2D eigenvalue weighted by molar-refractivity contribution is -0.120. The van der Waals surface area contributed by atoms with Crippen molar-refractivity contribution in [2.75, 3.05) is 6.54 Å². The molecule has 2 N–H and O–H groups in total. The standard InChI is InChI=1S/C16H22N4O3S/c1-4-14-18-16(20-19-14)24(22,23)12(3)15(21)17-10-11(2)13-8-6-5-7-9-13/h5-9,11-12H,4,10H2,1-3H3,(H,17,21)(H,18,19,20). The van der Waals surface area contributed by atoms with E-state index in [2.05, 4.69) is 20.5 Å². The van der Waals surface area contributed by atoms with Gasteiger partial charge < -0.3 is 5.32 Å². The fourth-order valence-corrected chi connectivity index (χ4v) is 3.25. The summed E-state index contributed by atoms with van der Waals surface area (Å²) >= 11 is 0. The summed E-state index contributed by atoms with van der Waals surface area (Å²) in [6.07, 6.45) is 0.539. The van der Waals surface area contributed by atoms with Crippen LogP contribution in [0.1, 0.15) is 38.1 Å². The van der Waals surface area contributed by atoms with Gasteiger partial charge in [-0.3, -0.25) is 9.89 Å². The average Bonchev–Trinajstić information content (AvgIpc) is 3.09. The smallest absolute Gasteiger partial charge is 0.267 e. The number of carbonyl (C=O) groups excluding carboxylic acids is 1. The van der Waals surface area contributed by atoms with Gasteiger partial charge in [-0.2, -0.15) is 0 Å². The molecule has 7 nitrogen and oxygen atoms in total. The molecule has 0 fully saturated rings. The maximum atomic E-state index is 12.4. The molecule has 0 radical (unpaired) electrons. The van der Waals surface area contributed by atoms with Crippen LogP contribution < -0.4 is 5.32 Å². The predicted molar refractivity (Wildman–Crippen MR) is 90.3 cm³/mol. The molecule has 8 heteroatoms. The molecule has 0 saturated heterocycles. The zero-order valence-electron chi connectivity index (χ0n) is 14.0. The summed E-state index contributed by atoms with van der Waals surface area (Å²) in [5.41, 5.74) is 1.08. The summed E-state index contributed by atoms with van der Waals surface area (Å²) in [6, 6.07) is 9.71. The Bertz CT molecular complexity index is 787. The lowest BCUT2D eigenvalue weighted by atomic mass is 10.0. The Morgan fingerprint density at radius 2 is 1.92 bits per heavy atom. The van der Waals surface area contributed by atoms with E-state index in [1.54, 1.807) is 0 Å². The number of hydrogen-bond acceptors (Lipinski definition) is 5. The molecular weight excluding hydrogens is 328 g/mol. The highest BCUT2D eigenvalue weighted by Gasteiger charge is 2.33. The topological polar surface area (TPSA) is 105 Å². The number of benzene rings is 1. The molecule has 0 saturated carbocycles. The number of rotatable bonds is 7. The van der Waals surface area contributed by atoms with E-state index in [9.17, 15) is 13.2 Å². The summed E-state index contributed by atoms with van der Waals surface area (Å²) in [4.78, 5) is 16.1. The number of nitrogens with one attached hydrogen (secondary N) is 2. The molecule has 0 bridgehead atoms. The number of aromatic amines is 1. The number of nitrogens with zero attached hydrogens (tertiary/aromatic N) is 2. The first kappa shape index (κ1) is 18.1. The molecule has 0 aliphatic carbocycles. The number of amides is 1. The van der Waals surface area contributed by atoms with Gasteiger partial charge in [0.1, 0.15) is 11.1 Å². The molecule has 1 aromatic heterocycles.